The van der Waals surface area contributed by atoms with Gasteiger partial charge in [0.25, 0.3) is 0 Å². The Morgan fingerprint density at radius 3 is 3.00 bits per heavy atom. The van der Waals surface area contributed by atoms with E-state index in [1.54, 1.807) is 6.07 Å². The van der Waals surface area contributed by atoms with Gasteiger partial charge in [0.15, 0.2) is 0 Å². The standard InChI is InChI=1S/C10H10ClNO/c1-12-3-2-8-4-7(6-13)5-9(11)10(8)12/h4-6H,2-3H2,1H3. The minimum Gasteiger partial charge on any atom is -0.373 e. The molecule has 0 atom stereocenters. The number of carbonyl (C=O) groups excluding carboxylic acids is 1. The van der Waals surface area contributed by atoms with E-state index in [4.69, 9.17) is 11.6 Å². The molecule has 0 amide bonds. The number of carbonyl (C=O) groups is 1. The molecule has 1 heterocycles. The average Bonchev–Trinajstić information content (AvgIpc) is 2.48. The van der Waals surface area contributed by atoms with Crippen molar-refractivity contribution < 1.29 is 4.79 Å². The second kappa shape index (κ2) is 3.04. The lowest BCUT2D eigenvalue weighted by molar-refractivity contribution is 0.112. The van der Waals surface area contributed by atoms with Gasteiger partial charge in [0.1, 0.15) is 6.29 Å². The molecule has 1 aliphatic rings. The Labute approximate surface area is 82.1 Å². The van der Waals surface area contributed by atoms with Gasteiger partial charge in [0.05, 0.1) is 10.7 Å². The summed E-state index contributed by atoms with van der Waals surface area (Å²) in [5, 5.41) is 0.680. The fourth-order valence-corrected chi connectivity index (χ4v) is 2.16. The van der Waals surface area contributed by atoms with Crippen LogP contribution in [-0.2, 0) is 6.42 Å². The van der Waals surface area contributed by atoms with E-state index in [1.165, 1.54) is 5.56 Å². The molecular formula is C10H10ClNO. The number of likely N-dealkylation sites (N-methyl/N-ethyl adjacent to an activating group) is 1. The van der Waals surface area contributed by atoms with Crippen molar-refractivity contribution >= 4 is 23.6 Å². The highest BCUT2D eigenvalue weighted by molar-refractivity contribution is 6.33. The minimum atomic E-state index is 0.666. The van der Waals surface area contributed by atoms with E-state index in [9.17, 15) is 4.79 Å². The van der Waals surface area contributed by atoms with Gasteiger partial charge in [-0.15, -0.1) is 0 Å². The molecule has 13 heavy (non-hydrogen) atoms. The number of rotatable bonds is 1. The number of nitrogens with zero attached hydrogens (tertiary/aromatic N) is 1. The normalized spacial score (nSPS) is 14.5. The molecule has 0 radical (unpaired) electrons. The summed E-state index contributed by atoms with van der Waals surface area (Å²) in [6, 6.07) is 3.63. The first kappa shape index (κ1) is 8.57. The molecule has 0 bridgehead atoms. The van der Waals surface area contributed by atoms with Gasteiger partial charge in [0.2, 0.25) is 0 Å². The molecule has 0 N–H and O–H groups in total. The predicted octanol–water partition coefficient (Wildman–Crippen LogP) is 2.14. The van der Waals surface area contributed by atoms with E-state index in [1.807, 2.05) is 13.1 Å². The maximum Gasteiger partial charge on any atom is 0.150 e. The van der Waals surface area contributed by atoms with Gasteiger partial charge in [-0.3, -0.25) is 4.79 Å². The first-order chi connectivity index (χ1) is 6.22. The summed E-state index contributed by atoms with van der Waals surface area (Å²) in [7, 11) is 2.01. The van der Waals surface area contributed by atoms with Crippen LogP contribution in [0, 0.1) is 0 Å². The summed E-state index contributed by atoms with van der Waals surface area (Å²) < 4.78 is 0. The SMILES string of the molecule is CN1CCc2cc(C=O)cc(Cl)c21. The van der Waals surface area contributed by atoms with Gasteiger partial charge in [-0.05, 0) is 24.1 Å². The van der Waals surface area contributed by atoms with Crippen molar-refractivity contribution in [2.45, 2.75) is 6.42 Å². The van der Waals surface area contributed by atoms with Crippen molar-refractivity contribution in [1.82, 2.24) is 0 Å². The quantitative estimate of drug-likeness (QED) is 0.640. The lowest BCUT2D eigenvalue weighted by Crippen LogP contribution is -2.12. The third-order valence-electron chi connectivity index (χ3n) is 2.40. The number of anilines is 1. The summed E-state index contributed by atoms with van der Waals surface area (Å²) in [4.78, 5) is 12.7. The van der Waals surface area contributed by atoms with Crippen molar-refractivity contribution in [2.75, 3.05) is 18.5 Å². The molecule has 0 unspecified atom stereocenters. The highest BCUT2D eigenvalue weighted by Gasteiger charge is 2.19. The first-order valence-corrected chi connectivity index (χ1v) is 4.59. The molecule has 0 saturated heterocycles. The summed E-state index contributed by atoms with van der Waals surface area (Å²) >= 11 is 6.05. The zero-order valence-electron chi connectivity index (χ0n) is 7.38. The minimum absolute atomic E-state index is 0.666. The predicted molar refractivity (Wildman–Crippen MR) is 53.8 cm³/mol. The van der Waals surface area contributed by atoms with Crippen molar-refractivity contribution in [1.29, 1.82) is 0 Å². The second-order valence-electron chi connectivity index (χ2n) is 3.30. The van der Waals surface area contributed by atoms with Crippen LogP contribution in [0.1, 0.15) is 15.9 Å². The smallest absolute Gasteiger partial charge is 0.150 e. The van der Waals surface area contributed by atoms with Gasteiger partial charge in [-0.1, -0.05) is 11.6 Å². The molecule has 1 aromatic rings. The monoisotopic (exact) mass is 195 g/mol. The van der Waals surface area contributed by atoms with Gasteiger partial charge in [0, 0.05) is 19.2 Å². The topological polar surface area (TPSA) is 20.3 Å². The van der Waals surface area contributed by atoms with E-state index in [0.717, 1.165) is 24.9 Å². The van der Waals surface area contributed by atoms with Gasteiger partial charge in [-0.25, -0.2) is 0 Å². The Morgan fingerprint density at radius 1 is 1.54 bits per heavy atom. The molecule has 2 nitrogen and oxygen atoms in total. The van der Waals surface area contributed by atoms with Gasteiger partial charge in [-0.2, -0.15) is 0 Å². The van der Waals surface area contributed by atoms with Crippen LogP contribution in [0.4, 0.5) is 5.69 Å². The van der Waals surface area contributed by atoms with Crippen LogP contribution >= 0.6 is 11.6 Å². The third-order valence-corrected chi connectivity index (χ3v) is 2.69. The van der Waals surface area contributed by atoms with Crippen molar-refractivity contribution in [2.24, 2.45) is 0 Å². The Bertz CT molecular complexity index is 362. The van der Waals surface area contributed by atoms with Gasteiger partial charge < -0.3 is 4.90 Å². The number of hydrogen-bond donors (Lipinski definition) is 0. The van der Waals surface area contributed by atoms with E-state index < -0.39 is 0 Å². The Balaban J connectivity index is 2.59. The fourth-order valence-electron chi connectivity index (χ4n) is 1.77. The molecule has 68 valence electrons. The zero-order chi connectivity index (χ0) is 9.42. The molecule has 0 spiro atoms. The molecule has 2 rings (SSSR count). The van der Waals surface area contributed by atoms with Gasteiger partial charge >= 0.3 is 0 Å². The number of aldehydes is 1. The number of halogens is 1. The van der Waals surface area contributed by atoms with Crippen LogP contribution in [0.2, 0.25) is 5.02 Å². The lowest BCUT2D eigenvalue weighted by atomic mass is 10.1. The van der Waals surface area contributed by atoms with E-state index in [-0.39, 0.29) is 0 Å². The highest BCUT2D eigenvalue weighted by atomic mass is 35.5. The maximum atomic E-state index is 10.6. The Hall–Kier alpha value is -1.02. The van der Waals surface area contributed by atoms with Crippen molar-refractivity contribution in [3.63, 3.8) is 0 Å². The summed E-state index contributed by atoms with van der Waals surface area (Å²) in [6.07, 6.45) is 1.82. The summed E-state index contributed by atoms with van der Waals surface area (Å²) in [5.74, 6) is 0. The Morgan fingerprint density at radius 2 is 2.31 bits per heavy atom. The van der Waals surface area contributed by atoms with E-state index in [0.29, 0.717) is 10.6 Å². The van der Waals surface area contributed by atoms with Crippen molar-refractivity contribution in [3.05, 3.63) is 28.3 Å². The van der Waals surface area contributed by atoms with Crippen LogP contribution in [-0.4, -0.2) is 19.9 Å². The fraction of sp³-hybridized carbons (Fsp3) is 0.300. The molecule has 1 aliphatic heterocycles. The molecule has 0 aliphatic carbocycles. The lowest BCUT2D eigenvalue weighted by Gasteiger charge is -2.13. The van der Waals surface area contributed by atoms with E-state index >= 15 is 0 Å². The van der Waals surface area contributed by atoms with Crippen LogP contribution in [0.25, 0.3) is 0 Å². The third kappa shape index (κ3) is 1.31. The molecule has 3 heteroatoms. The second-order valence-corrected chi connectivity index (χ2v) is 3.71. The molecule has 0 aromatic heterocycles. The van der Waals surface area contributed by atoms with Crippen molar-refractivity contribution in [3.8, 4) is 0 Å². The number of benzene rings is 1. The number of hydrogen-bond acceptors (Lipinski definition) is 2. The molecule has 0 saturated carbocycles. The van der Waals surface area contributed by atoms with Crippen LogP contribution < -0.4 is 4.90 Å². The maximum absolute atomic E-state index is 10.6. The summed E-state index contributed by atoms with van der Waals surface area (Å²) in [5.41, 5.74) is 2.92. The molecule has 1 aromatic carbocycles. The largest absolute Gasteiger partial charge is 0.373 e. The van der Waals surface area contributed by atoms with Crippen LogP contribution in [0.5, 0.6) is 0 Å². The van der Waals surface area contributed by atoms with E-state index in [2.05, 4.69) is 4.90 Å². The first-order valence-electron chi connectivity index (χ1n) is 4.21. The summed E-state index contributed by atoms with van der Waals surface area (Å²) in [6.45, 7) is 0.983. The zero-order valence-corrected chi connectivity index (χ0v) is 8.14. The van der Waals surface area contributed by atoms with Crippen LogP contribution in [0.15, 0.2) is 12.1 Å². The Kier molecular flexibility index (Phi) is 2.00. The molecule has 0 fully saturated rings. The molecular weight excluding hydrogens is 186 g/mol. The van der Waals surface area contributed by atoms with Crippen LogP contribution in [0.3, 0.4) is 0 Å². The number of fused-ring (bicyclic) bond motifs is 1. The average molecular weight is 196 g/mol. The highest BCUT2D eigenvalue weighted by Crippen LogP contribution is 2.34.